The Balaban J connectivity index is 0.00000220. The molecule has 3 unspecified atom stereocenters. The zero-order valence-electron chi connectivity index (χ0n) is 13.6. The van der Waals surface area contributed by atoms with Gasteiger partial charge >= 0.3 is 0 Å². The number of ether oxygens (including phenoxy) is 1. The van der Waals surface area contributed by atoms with Crippen molar-refractivity contribution in [3.05, 3.63) is 0 Å². The van der Waals surface area contributed by atoms with Gasteiger partial charge in [0, 0.05) is 26.2 Å². The molecule has 1 saturated carbocycles. The normalized spacial score (nSPS) is 30.1. The van der Waals surface area contributed by atoms with Crippen molar-refractivity contribution >= 4 is 18.3 Å². The lowest BCUT2D eigenvalue weighted by Crippen LogP contribution is -2.48. The maximum atomic E-state index is 12.2. The van der Waals surface area contributed by atoms with Crippen molar-refractivity contribution in [3.63, 3.8) is 0 Å². The average Bonchev–Trinajstić information content (AvgIpc) is 2.45. The second kappa shape index (κ2) is 8.96. The van der Waals surface area contributed by atoms with Gasteiger partial charge in [-0.3, -0.25) is 4.79 Å². The molecule has 1 saturated heterocycles. The largest absolute Gasteiger partial charge is 0.368 e. The summed E-state index contributed by atoms with van der Waals surface area (Å²) in [5.41, 5.74) is 0. The molecule has 2 rings (SSSR count). The van der Waals surface area contributed by atoms with Crippen LogP contribution in [0.2, 0.25) is 0 Å². The number of hydrogen-bond acceptors (Lipinski definition) is 3. The molecule has 0 radical (unpaired) electrons. The van der Waals surface area contributed by atoms with Crippen LogP contribution in [0.4, 0.5) is 0 Å². The van der Waals surface area contributed by atoms with Gasteiger partial charge in [-0.25, -0.2) is 0 Å². The number of carbonyl (C=O) groups excluding carboxylic acids is 1. The van der Waals surface area contributed by atoms with Gasteiger partial charge in [-0.05, 0) is 30.6 Å². The van der Waals surface area contributed by atoms with Crippen molar-refractivity contribution in [2.75, 3.05) is 32.8 Å². The highest BCUT2D eigenvalue weighted by Crippen LogP contribution is 2.35. The molecule has 21 heavy (non-hydrogen) atoms. The van der Waals surface area contributed by atoms with E-state index < -0.39 is 0 Å². The van der Waals surface area contributed by atoms with Gasteiger partial charge in [-0.1, -0.05) is 27.2 Å². The van der Waals surface area contributed by atoms with E-state index in [2.05, 4.69) is 26.1 Å². The molecule has 1 aliphatic heterocycles. The molecule has 4 nitrogen and oxygen atoms in total. The van der Waals surface area contributed by atoms with Gasteiger partial charge in [0.05, 0.1) is 6.10 Å². The van der Waals surface area contributed by atoms with Crippen molar-refractivity contribution in [2.24, 2.45) is 17.8 Å². The lowest BCUT2D eigenvalue weighted by molar-refractivity contribution is -0.142. The third-order valence-electron chi connectivity index (χ3n) is 4.85. The van der Waals surface area contributed by atoms with Crippen LogP contribution in [-0.2, 0) is 9.53 Å². The number of nitrogens with one attached hydrogen (secondary N) is 1. The monoisotopic (exact) mass is 318 g/mol. The minimum absolute atomic E-state index is 0. The van der Waals surface area contributed by atoms with Gasteiger partial charge in [0.25, 0.3) is 0 Å². The summed E-state index contributed by atoms with van der Waals surface area (Å²) in [5.74, 6) is 2.14. The number of amides is 1. The Labute approximate surface area is 135 Å². The van der Waals surface area contributed by atoms with Crippen LogP contribution in [0, 0.1) is 17.8 Å². The number of halogens is 1. The Bertz CT molecular complexity index is 319. The summed E-state index contributed by atoms with van der Waals surface area (Å²) in [6.45, 7) is 10.5. The predicted octanol–water partition coefficient (Wildman–Crippen LogP) is 2.32. The molecule has 0 spiro atoms. The van der Waals surface area contributed by atoms with Crippen molar-refractivity contribution in [1.29, 1.82) is 0 Å². The fourth-order valence-corrected chi connectivity index (χ4v) is 3.49. The summed E-state index contributed by atoms with van der Waals surface area (Å²) >= 11 is 0. The van der Waals surface area contributed by atoms with Crippen LogP contribution in [0.5, 0.6) is 0 Å². The third kappa shape index (κ3) is 5.42. The number of nitrogens with zero attached hydrogens (tertiary/aromatic N) is 1. The minimum Gasteiger partial charge on any atom is -0.368 e. The van der Waals surface area contributed by atoms with Crippen molar-refractivity contribution in [1.82, 2.24) is 10.2 Å². The van der Waals surface area contributed by atoms with Gasteiger partial charge < -0.3 is 15.0 Å². The number of piperazine rings is 1. The lowest BCUT2D eigenvalue weighted by atomic mass is 9.75. The van der Waals surface area contributed by atoms with E-state index in [9.17, 15) is 4.79 Å². The highest BCUT2D eigenvalue weighted by atomic mass is 35.5. The summed E-state index contributed by atoms with van der Waals surface area (Å²) in [4.78, 5) is 14.1. The van der Waals surface area contributed by atoms with E-state index in [1.807, 2.05) is 4.90 Å². The summed E-state index contributed by atoms with van der Waals surface area (Å²) in [6.07, 6.45) is 3.92. The second-order valence-electron chi connectivity index (χ2n) is 6.81. The SMILES string of the molecule is CC1CCC(C(C)C)C(OCC(=O)N2CCNCC2)C1.Cl. The van der Waals surface area contributed by atoms with Crippen LogP contribution in [0.25, 0.3) is 0 Å². The van der Waals surface area contributed by atoms with E-state index in [0.29, 0.717) is 11.8 Å². The number of rotatable bonds is 4. The van der Waals surface area contributed by atoms with E-state index in [1.165, 1.54) is 12.8 Å². The molecule has 5 heteroatoms. The molecule has 0 bridgehead atoms. The van der Waals surface area contributed by atoms with E-state index in [-0.39, 0.29) is 31.0 Å². The Morgan fingerprint density at radius 1 is 1.29 bits per heavy atom. The first kappa shape index (κ1) is 18.7. The molecule has 1 aliphatic carbocycles. The number of hydrogen-bond donors (Lipinski definition) is 1. The first-order chi connectivity index (χ1) is 9.58. The lowest BCUT2D eigenvalue weighted by Gasteiger charge is -2.37. The van der Waals surface area contributed by atoms with Crippen molar-refractivity contribution in [2.45, 2.75) is 46.1 Å². The Morgan fingerprint density at radius 2 is 1.95 bits per heavy atom. The first-order valence-corrected chi connectivity index (χ1v) is 8.18. The molecule has 0 aromatic heterocycles. The van der Waals surface area contributed by atoms with Gasteiger partial charge in [-0.2, -0.15) is 0 Å². The molecule has 0 aromatic rings. The van der Waals surface area contributed by atoms with Gasteiger partial charge in [0.15, 0.2) is 0 Å². The van der Waals surface area contributed by atoms with Gasteiger partial charge in [0.2, 0.25) is 5.91 Å². The van der Waals surface area contributed by atoms with Crippen LogP contribution in [-0.4, -0.2) is 49.7 Å². The fourth-order valence-electron chi connectivity index (χ4n) is 3.49. The Morgan fingerprint density at radius 3 is 2.57 bits per heavy atom. The molecule has 0 aromatic carbocycles. The van der Waals surface area contributed by atoms with Crippen LogP contribution >= 0.6 is 12.4 Å². The standard InChI is InChI=1S/C16H30N2O2.ClH/c1-12(2)14-5-4-13(3)10-15(14)20-11-16(19)18-8-6-17-7-9-18;/h12-15,17H,4-11H2,1-3H3;1H. The van der Waals surface area contributed by atoms with E-state index in [1.54, 1.807) is 0 Å². The number of carbonyl (C=O) groups is 1. The molecule has 3 atom stereocenters. The molecular formula is C16H31ClN2O2. The summed E-state index contributed by atoms with van der Waals surface area (Å²) < 4.78 is 6.03. The van der Waals surface area contributed by atoms with Crippen LogP contribution in [0.1, 0.15) is 40.0 Å². The van der Waals surface area contributed by atoms with Crippen molar-refractivity contribution in [3.8, 4) is 0 Å². The summed E-state index contributed by atoms with van der Waals surface area (Å²) in [6, 6.07) is 0. The third-order valence-corrected chi connectivity index (χ3v) is 4.85. The highest BCUT2D eigenvalue weighted by Gasteiger charge is 2.32. The van der Waals surface area contributed by atoms with E-state index in [0.717, 1.165) is 38.5 Å². The smallest absolute Gasteiger partial charge is 0.248 e. The highest BCUT2D eigenvalue weighted by molar-refractivity contribution is 5.85. The maximum Gasteiger partial charge on any atom is 0.248 e. The molecule has 1 heterocycles. The van der Waals surface area contributed by atoms with E-state index >= 15 is 0 Å². The Kier molecular flexibility index (Phi) is 7.99. The van der Waals surface area contributed by atoms with Crippen molar-refractivity contribution < 1.29 is 9.53 Å². The molecule has 1 amide bonds. The predicted molar refractivity (Wildman–Crippen MR) is 87.8 cm³/mol. The minimum atomic E-state index is 0. The van der Waals surface area contributed by atoms with Gasteiger partial charge in [-0.15, -0.1) is 12.4 Å². The summed E-state index contributed by atoms with van der Waals surface area (Å²) in [7, 11) is 0. The van der Waals surface area contributed by atoms with Crippen LogP contribution in [0.15, 0.2) is 0 Å². The first-order valence-electron chi connectivity index (χ1n) is 8.18. The summed E-state index contributed by atoms with van der Waals surface area (Å²) in [5, 5.41) is 3.27. The fraction of sp³-hybridized carbons (Fsp3) is 0.938. The van der Waals surface area contributed by atoms with E-state index in [4.69, 9.17) is 4.74 Å². The topological polar surface area (TPSA) is 41.6 Å². The molecule has 1 N–H and O–H groups in total. The molecule has 2 fully saturated rings. The maximum absolute atomic E-state index is 12.2. The molecule has 124 valence electrons. The quantitative estimate of drug-likeness (QED) is 0.865. The molecule has 2 aliphatic rings. The van der Waals surface area contributed by atoms with Crippen LogP contribution in [0.3, 0.4) is 0 Å². The van der Waals surface area contributed by atoms with Crippen LogP contribution < -0.4 is 5.32 Å². The zero-order valence-corrected chi connectivity index (χ0v) is 14.5. The Hall–Kier alpha value is -0.320. The second-order valence-corrected chi connectivity index (χ2v) is 6.81. The zero-order chi connectivity index (χ0) is 14.5. The van der Waals surface area contributed by atoms with Gasteiger partial charge in [0.1, 0.15) is 6.61 Å². The molecular weight excluding hydrogens is 288 g/mol. The average molecular weight is 319 g/mol.